The van der Waals surface area contributed by atoms with Gasteiger partial charge in [-0.15, -0.1) is 0 Å². The Morgan fingerprint density at radius 2 is 1.32 bits per heavy atom. The fraction of sp³-hybridized carbons (Fsp3) is 0.0741. The predicted molar refractivity (Wildman–Crippen MR) is 122 cm³/mol. The van der Waals surface area contributed by atoms with Gasteiger partial charge in [-0.3, -0.25) is 0 Å². The van der Waals surface area contributed by atoms with Crippen molar-refractivity contribution in [1.29, 1.82) is 0 Å². The van der Waals surface area contributed by atoms with Crippen LogP contribution < -0.4 is 10.1 Å². The second kappa shape index (κ2) is 10.6. The molecule has 0 spiro atoms. The third-order valence-electron chi connectivity index (χ3n) is 4.98. The molecule has 0 bridgehead atoms. The molecule has 34 heavy (non-hydrogen) atoms. The first kappa shape index (κ1) is 22.9. The van der Waals surface area contributed by atoms with Gasteiger partial charge >= 0.3 is 5.97 Å². The van der Waals surface area contributed by atoms with E-state index in [-0.39, 0.29) is 24.5 Å². The van der Waals surface area contributed by atoms with Crippen LogP contribution in [0.25, 0.3) is 0 Å². The van der Waals surface area contributed by atoms with Gasteiger partial charge in [0.1, 0.15) is 19.0 Å². The van der Waals surface area contributed by atoms with Crippen molar-refractivity contribution in [2.75, 3.05) is 5.32 Å². The van der Waals surface area contributed by atoms with Crippen LogP contribution in [0.2, 0.25) is 0 Å². The van der Waals surface area contributed by atoms with Crippen LogP contribution in [0.3, 0.4) is 0 Å². The Morgan fingerprint density at radius 1 is 0.735 bits per heavy atom. The van der Waals surface area contributed by atoms with E-state index in [9.17, 15) is 13.6 Å². The molecule has 0 atom stereocenters. The molecule has 0 heterocycles. The van der Waals surface area contributed by atoms with Crippen molar-refractivity contribution in [2.45, 2.75) is 13.2 Å². The van der Waals surface area contributed by atoms with Gasteiger partial charge in [0.2, 0.25) is 5.82 Å². The van der Waals surface area contributed by atoms with Crippen LogP contribution in [0.4, 0.5) is 24.5 Å². The third-order valence-corrected chi connectivity index (χ3v) is 4.98. The summed E-state index contributed by atoms with van der Waals surface area (Å²) in [5.41, 5.74) is 0.427. The van der Waals surface area contributed by atoms with Crippen LogP contribution in [-0.4, -0.2) is 5.97 Å². The second-order valence-electron chi connectivity index (χ2n) is 7.37. The fourth-order valence-electron chi connectivity index (χ4n) is 3.22. The quantitative estimate of drug-likeness (QED) is 0.293. The van der Waals surface area contributed by atoms with E-state index in [0.717, 1.165) is 17.7 Å². The van der Waals surface area contributed by atoms with Crippen molar-refractivity contribution in [3.05, 3.63) is 125 Å². The summed E-state index contributed by atoms with van der Waals surface area (Å²) in [5, 5.41) is 2.48. The smallest absolute Gasteiger partial charge is 0.340 e. The molecule has 4 aromatic carbocycles. The van der Waals surface area contributed by atoms with Gasteiger partial charge in [-0.25, -0.2) is 13.6 Å². The molecule has 0 saturated heterocycles. The predicted octanol–water partition coefficient (Wildman–Crippen LogP) is 6.78. The van der Waals surface area contributed by atoms with Crippen LogP contribution in [0.1, 0.15) is 21.5 Å². The van der Waals surface area contributed by atoms with Gasteiger partial charge in [0.25, 0.3) is 0 Å². The van der Waals surface area contributed by atoms with Crippen LogP contribution in [0.15, 0.2) is 91.0 Å². The highest BCUT2D eigenvalue weighted by Gasteiger charge is 2.25. The standard InChI is InChI=1S/C27H20F3NO3/c28-21-13-7-8-14-22(21)31-26-20(27(32)34-17-19-11-5-2-6-12-19)15-23(24(29)25(26)30)33-16-18-9-3-1-4-10-18/h1-15,31H,16-17H2. The number of rotatable bonds is 8. The van der Waals surface area contributed by atoms with E-state index in [4.69, 9.17) is 9.47 Å². The Morgan fingerprint density at radius 3 is 1.97 bits per heavy atom. The van der Waals surface area contributed by atoms with Gasteiger partial charge < -0.3 is 14.8 Å². The average Bonchev–Trinajstić information content (AvgIpc) is 2.87. The van der Waals surface area contributed by atoms with E-state index in [2.05, 4.69) is 5.32 Å². The minimum Gasteiger partial charge on any atom is -0.486 e. The second-order valence-corrected chi connectivity index (χ2v) is 7.37. The maximum absolute atomic E-state index is 15.1. The number of carbonyl (C=O) groups is 1. The van der Waals surface area contributed by atoms with Crippen molar-refractivity contribution >= 4 is 17.3 Å². The summed E-state index contributed by atoms with van der Waals surface area (Å²) in [7, 11) is 0. The van der Waals surface area contributed by atoms with Crippen molar-refractivity contribution in [3.63, 3.8) is 0 Å². The minimum atomic E-state index is -1.39. The van der Waals surface area contributed by atoms with Crippen molar-refractivity contribution in [1.82, 2.24) is 0 Å². The summed E-state index contributed by atoms with van der Waals surface area (Å²) < 4.78 is 55.0. The van der Waals surface area contributed by atoms with E-state index in [0.29, 0.717) is 5.56 Å². The Kier molecular flexibility index (Phi) is 7.13. The van der Waals surface area contributed by atoms with Gasteiger partial charge in [-0.1, -0.05) is 72.8 Å². The molecular formula is C27H20F3NO3. The Labute approximate surface area is 194 Å². The maximum Gasteiger partial charge on any atom is 0.340 e. The molecule has 7 heteroatoms. The van der Waals surface area contributed by atoms with E-state index in [1.54, 1.807) is 48.5 Å². The molecule has 0 aliphatic rings. The highest BCUT2D eigenvalue weighted by Crippen LogP contribution is 2.34. The number of hydrogen-bond acceptors (Lipinski definition) is 4. The molecule has 0 saturated carbocycles. The summed E-state index contributed by atoms with van der Waals surface area (Å²) in [5.74, 6) is -4.79. The highest BCUT2D eigenvalue weighted by atomic mass is 19.2. The number of ether oxygens (including phenoxy) is 2. The van der Waals surface area contributed by atoms with Gasteiger partial charge in [0.05, 0.1) is 16.9 Å². The van der Waals surface area contributed by atoms with Crippen LogP contribution in [0.5, 0.6) is 5.75 Å². The van der Waals surface area contributed by atoms with Gasteiger partial charge in [0, 0.05) is 6.07 Å². The Hall–Kier alpha value is -4.26. The van der Waals surface area contributed by atoms with Crippen molar-refractivity contribution in [3.8, 4) is 5.75 Å². The van der Waals surface area contributed by atoms with E-state index in [1.807, 2.05) is 12.1 Å². The monoisotopic (exact) mass is 463 g/mol. The van der Waals surface area contributed by atoms with E-state index in [1.165, 1.54) is 18.2 Å². The lowest BCUT2D eigenvalue weighted by molar-refractivity contribution is 0.0472. The Bertz CT molecular complexity index is 1280. The fourth-order valence-corrected chi connectivity index (χ4v) is 3.22. The molecule has 0 aromatic heterocycles. The van der Waals surface area contributed by atoms with Crippen LogP contribution in [0, 0.1) is 17.5 Å². The molecule has 0 radical (unpaired) electrons. The number of para-hydroxylation sites is 1. The lowest BCUT2D eigenvalue weighted by Gasteiger charge is -2.17. The van der Waals surface area contributed by atoms with Crippen LogP contribution in [-0.2, 0) is 18.0 Å². The Balaban J connectivity index is 1.67. The number of carbonyl (C=O) groups excluding carboxylic acids is 1. The number of nitrogens with one attached hydrogen (secondary N) is 1. The van der Waals surface area contributed by atoms with Gasteiger partial charge in [0.15, 0.2) is 11.6 Å². The molecule has 0 aliphatic heterocycles. The lowest BCUT2D eigenvalue weighted by Crippen LogP contribution is -2.12. The normalized spacial score (nSPS) is 10.6. The number of anilines is 2. The highest BCUT2D eigenvalue weighted by molar-refractivity contribution is 5.97. The van der Waals surface area contributed by atoms with Crippen molar-refractivity contribution in [2.24, 2.45) is 0 Å². The third kappa shape index (κ3) is 5.38. The number of hydrogen-bond donors (Lipinski definition) is 1. The molecule has 0 fully saturated rings. The summed E-state index contributed by atoms with van der Waals surface area (Å²) in [6, 6.07) is 24.3. The zero-order chi connectivity index (χ0) is 23.9. The number of halogens is 3. The molecule has 0 amide bonds. The molecule has 0 aliphatic carbocycles. The summed E-state index contributed by atoms with van der Waals surface area (Å²) in [6.07, 6.45) is 0. The molecular weight excluding hydrogens is 443 g/mol. The first-order valence-electron chi connectivity index (χ1n) is 10.4. The van der Waals surface area contributed by atoms with E-state index < -0.39 is 34.9 Å². The molecule has 4 rings (SSSR count). The lowest BCUT2D eigenvalue weighted by atomic mass is 10.1. The number of esters is 1. The molecule has 1 N–H and O–H groups in total. The zero-order valence-electron chi connectivity index (χ0n) is 17.9. The van der Waals surface area contributed by atoms with Crippen LogP contribution >= 0.6 is 0 Å². The summed E-state index contributed by atoms with van der Waals surface area (Å²) >= 11 is 0. The zero-order valence-corrected chi connectivity index (χ0v) is 17.9. The summed E-state index contributed by atoms with van der Waals surface area (Å²) in [4.78, 5) is 12.9. The molecule has 4 nitrogen and oxygen atoms in total. The number of benzene rings is 4. The van der Waals surface area contributed by atoms with Gasteiger partial charge in [-0.2, -0.15) is 4.39 Å². The summed E-state index contributed by atoms with van der Waals surface area (Å²) in [6.45, 7) is -0.131. The topological polar surface area (TPSA) is 47.6 Å². The molecule has 4 aromatic rings. The molecule has 172 valence electrons. The maximum atomic E-state index is 15.1. The largest absolute Gasteiger partial charge is 0.486 e. The first-order valence-corrected chi connectivity index (χ1v) is 10.4. The minimum absolute atomic E-state index is 0.0458. The molecule has 0 unspecified atom stereocenters. The van der Waals surface area contributed by atoms with Crippen molar-refractivity contribution < 1.29 is 27.4 Å². The average molecular weight is 463 g/mol. The first-order chi connectivity index (χ1) is 16.5. The SMILES string of the molecule is O=C(OCc1ccccc1)c1cc(OCc2ccccc2)c(F)c(F)c1Nc1ccccc1F. The van der Waals surface area contributed by atoms with E-state index >= 15 is 4.39 Å². The van der Waals surface area contributed by atoms with Gasteiger partial charge in [-0.05, 0) is 23.3 Å².